The van der Waals surface area contributed by atoms with Gasteiger partial charge in [-0.05, 0) is 18.2 Å². The summed E-state index contributed by atoms with van der Waals surface area (Å²) in [5, 5.41) is 38.7. The van der Waals surface area contributed by atoms with E-state index in [4.69, 9.17) is 14.2 Å². The molecule has 0 radical (unpaired) electrons. The van der Waals surface area contributed by atoms with E-state index in [1.807, 2.05) is 0 Å². The molecule has 4 N–H and O–H groups in total. The molecular formula is C16H22O8. The third kappa shape index (κ3) is 3.68. The smallest absolute Gasteiger partial charge is 0.229 e. The molecule has 1 heterocycles. The number of ketones is 1. The van der Waals surface area contributed by atoms with E-state index in [2.05, 4.69) is 0 Å². The van der Waals surface area contributed by atoms with Crippen molar-refractivity contribution in [2.24, 2.45) is 0 Å². The average molecular weight is 342 g/mol. The summed E-state index contributed by atoms with van der Waals surface area (Å²) in [5.41, 5.74) is 0.454. The normalized spacial score (nSPS) is 30.0. The minimum Gasteiger partial charge on any atom is -0.493 e. The first-order valence-corrected chi connectivity index (χ1v) is 7.61. The van der Waals surface area contributed by atoms with Gasteiger partial charge in [0.15, 0.2) is 17.3 Å². The third-order valence-electron chi connectivity index (χ3n) is 3.90. The molecule has 1 aromatic rings. The van der Waals surface area contributed by atoms with E-state index in [0.29, 0.717) is 12.0 Å². The lowest BCUT2D eigenvalue weighted by Crippen LogP contribution is -2.60. The molecule has 1 aliphatic rings. The Bertz CT molecular complexity index is 573. The predicted octanol–water partition coefficient (Wildman–Crippen LogP) is -0.533. The van der Waals surface area contributed by atoms with Gasteiger partial charge in [0.25, 0.3) is 0 Å². The standard InChI is InChI=1S/C16H22O8/c1-3-9(18)8-4-5-10(11(6-8)22-2)23-16-15(21)14(20)13(19)12(7-17)24-16/h4-6,12-17,19-21H,3,7H2,1-2H3/t12-,13+,14-,15+,16-/m1/s1. The summed E-state index contributed by atoms with van der Waals surface area (Å²) in [7, 11) is 1.40. The Kier molecular flexibility index (Phi) is 6.14. The van der Waals surface area contributed by atoms with Gasteiger partial charge < -0.3 is 34.6 Å². The zero-order chi connectivity index (χ0) is 17.9. The van der Waals surface area contributed by atoms with Crippen LogP contribution in [0.25, 0.3) is 0 Å². The fraction of sp³-hybridized carbons (Fsp3) is 0.562. The molecule has 1 saturated heterocycles. The highest BCUT2D eigenvalue weighted by Crippen LogP contribution is 2.32. The average Bonchev–Trinajstić information content (AvgIpc) is 2.61. The minimum atomic E-state index is -1.53. The molecule has 0 aromatic heterocycles. The number of ether oxygens (including phenoxy) is 3. The van der Waals surface area contributed by atoms with Gasteiger partial charge in [-0.2, -0.15) is 0 Å². The number of hydrogen-bond acceptors (Lipinski definition) is 8. The van der Waals surface area contributed by atoms with Gasteiger partial charge in [0.1, 0.15) is 24.4 Å². The molecule has 1 aliphatic heterocycles. The molecule has 0 aliphatic carbocycles. The summed E-state index contributed by atoms with van der Waals surface area (Å²) in [4.78, 5) is 11.7. The van der Waals surface area contributed by atoms with E-state index in [9.17, 15) is 25.2 Å². The van der Waals surface area contributed by atoms with Crippen molar-refractivity contribution < 1.29 is 39.4 Å². The van der Waals surface area contributed by atoms with Gasteiger partial charge in [0.2, 0.25) is 6.29 Å². The Morgan fingerprint density at radius 3 is 2.46 bits per heavy atom. The Hall–Kier alpha value is -1.71. The highest BCUT2D eigenvalue weighted by Gasteiger charge is 2.44. The Labute approximate surface area is 139 Å². The summed E-state index contributed by atoms with van der Waals surface area (Å²) in [6.45, 7) is 1.19. The van der Waals surface area contributed by atoms with Crippen LogP contribution in [0.2, 0.25) is 0 Å². The Balaban J connectivity index is 2.21. The molecule has 0 saturated carbocycles. The van der Waals surface area contributed by atoms with Crippen molar-refractivity contribution in [1.82, 2.24) is 0 Å². The second-order valence-electron chi connectivity index (χ2n) is 5.46. The maximum absolute atomic E-state index is 11.7. The van der Waals surface area contributed by atoms with Crippen LogP contribution in [0.5, 0.6) is 11.5 Å². The first-order valence-electron chi connectivity index (χ1n) is 7.61. The number of aliphatic hydroxyl groups excluding tert-OH is 4. The lowest BCUT2D eigenvalue weighted by Gasteiger charge is -2.39. The van der Waals surface area contributed by atoms with Crippen LogP contribution in [0.15, 0.2) is 18.2 Å². The topological polar surface area (TPSA) is 126 Å². The van der Waals surface area contributed by atoms with Crippen LogP contribution in [0.1, 0.15) is 23.7 Å². The van der Waals surface area contributed by atoms with Crippen molar-refractivity contribution in [2.75, 3.05) is 13.7 Å². The van der Waals surface area contributed by atoms with Gasteiger partial charge in [-0.3, -0.25) is 4.79 Å². The van der Waals surface area contributed by atoms with Gasteiger partial charge in [0, 0.05) is 12.0 Å². The summed E-state index contributed by atoms with van der Waals surface area (Å²) in [6.07, 6.45) is -6.56. The van der Waals surface area contributed by atoms with Crippen molar-refractivity contribution in [3.63, 3.8) is 0 Å². The zero-order valence-corrected chi connectivity index (χ0v) is 13.5. The number of carbonyl (C=O) groups is 1. The molecule has 1 aromatic carbocycles. The number of Topliss-reactive ketones (excluding diaryl/α,β-unsaturated/α-hetero) is 1. The fourth-order valence-corrected chi connectivity index (χ4v) is 2.43. The molecule has 24 heavy (non-hydrogen) atoms. The van der Waals surface area contributed by atoms with Crippen molar-refractivity contribution in [1.29, 1.82) is 0 Å². The van der Waals surface area contributed by atoms with Crippen molar-refractivity contribution >= 4 is 5.78 Å². The summed E-state index contributed by atoms with van der Waals surface area (Å²) in [5.74, 6) is 0.383. The Morgan fingerprint density at radius 2 is 1.88 bits per heavy atom. The second-order valence-corrected chi connectivity index (χ2v) is 5.46. The largest absolute Gasteiger partial charge is 0.493 e. The van der Waals surface area contributed by atoms with Gasteiger partial charge >= 0.3 is 0 Å². The predicted molar refractivity (Wildman–Crippen MR) is 82.0 cm³/mol. The SMILES string of the molecule is CCC(=O)c1ccc(O[C@@H]2O[C@H](CO)[C@H](O)[C@@H](O)[C@@H]2O)c(OC)c1. The number of benzene rings is 1. The quantitative estimate of drug-likeness (QED) is 0.508. The molecule has 0 bridgehead atoms. The van der Waals surface area contributed by atoms with E-state index >= 15 is 0 Å². The Morgan fingerprint density at radius 1 is 1.17 bits per heavy atom. The molecule has 2 rings (SSSR count). The van der Waals surface area contributed by atoms with Crippen molar-refractivity contribution in [3.05, 3.63) is 23.8 Å². The summed E-state index contributed by atoms with van der Waals surface area (Å²) < 4.78 is 16.0. The number of aliphatic hydroxyl groups is 4. The van der Waals surface area contributed by atoms with E-state index in [0.717, 1.165) is 0 Å². The van der Waals surface area contributed by atoms with Gasteiger partial charge in [-0.15, -0.1) is 0 Å². The van der Waals surface area contributed by atoms with Crippen LogP contribution in [0.3, 0.4) is 0 Å². The van der Waals surface area contributed by atoms with E-state index in [1.165, 1.54) is 19.2 Å². The molecule has 5 atom stereocenters. The van der Waals surface area contributed by atoms with E-state index in [-0.39, 0.29) is 17.3 Å². The van der Waals surface area contributed by atoms with Crippen molar-refractivity contribution in [2.45, 2.75) is 44.1 Å². The molecule has 8 nitrogen and oxygen atoms in total. The van der Waals surface area contributed by atoms with Crippen molar-refractivity contribution in [3.8, 4) is 11.5 Å². The lowest BCUT2D eigenvalue weighted by atomic mass is 9.99. The second kappa shape index (κ2) is 7.91. The van der Waals surface area contributed by atoms with Crippen LogP contribution < -0.4 is 9.47 Å². The summed E-state index contributed by atoms with van der Waals surface area (Å²) >= 11 is 0. The summed E-state index contributed by atoms with van der Waals surface area (Å²) in [6, 6.07) is 4.54. The van der Waals surface area contributed by atoms with E-state index in [1.54, 1.807) is 13.0 Å². The molecule has 134 valence electrons. The number of methoxy groups -OCH3 is 1. The maximum atomic E-state index is 11.7. The lowest BCUT2D eigenvalue weighted by molar-refractivity contribution is -0.277. The van der Waals surface area contributed by atoms with Gasteiger partial charge in [-0.1, -0.05) is 6.92 Å². The zero-order valence-electron chi connectivity index (χ0n) is 13.5. The van der Waals surface area contributed by atoms with Crippen LogP contribution >= 0.6 is 0 Å². The molecule has 0 amide bonds. The van der Waals surface area contributed by atoms with Crippen LogP contribution in [0, 0.1) is 0 Å². The van der Waals surface area contributed by atoms with Crippen LogP contribution in [-0.4, -0.2) is 70.6 Å². The maximum Gasteiger partial charge on any atom is 0.229 e. The molecular weight excluding hydrogens is 320 g/mol. The number of carbonyl (C=O) groups excluding carboxylic acids is 1. The molecule has 1 fully saturated rings. The first kappa shape index (κ1) is 18.6. The van der Waals surface area contributed by atoms with Crippen LogP contribution in [-0.2, 0) is 4.74 Å². The number of hydrogen-bond donors (Lipinski definition) is 4. The molecule has 0 unspecified atom stereocenters. The first-order chi connectivity index (χ1) is 11.4. The fourth-order valence-electron chi connectivity index (χ4n) is 2.43. The highest BCUT2D eigenvalue weighted by molar-refractivity contribution is 5.96. The highest BCUT2D eigenvalue weighted by atomic mass is 16.7. The van der Waals surface area contributed by atoms with E-state index < -0.39 is 37.3 Å². The third-order valence-corrected chi connectivity index (χ3v) is 3.90. The monoisotopic (exact) mass is 342 g/mol. The molecule has 0 spiro atoms. The van der Waals surface area contributed by atoms with Gasteiger partial charge in [-0.25, -0.2) is 0 Å². The van der Waals surface area contributed by atoms with Gasteiger partial charge in [0.05, 0.1) is 13.7 Å². The molecule has 8 heteroatoms. The number of rotatable bonds is 6. The minimum absolute atomic E-state index is 0.0623. The van der Waals surface area contributed by atoms with Crippen LogP contribution in [0.4, 0.5) is 0 Å².